The minimum atomic E-state index is -0.883. The van der Waals surface area contributed by atoms with E-state index in [-0.39, 0.29) is 11.2 Å². The largest absolute Gasteiger partial charge is 0.480 e. The molecule has 1 saturated heterocycles. The van der Waals surface area contributed by atoms with E-state index in [1.54, 1.807) is 10.8 Å². The predicted molar refractivity (Wildman–Crippen MR) is 67.6 cm³/mol. The Morgan fingerprint density at radius 2 is 2.25 bits per heavy atom. The van der Waals surface area contributed by atoms with Crippen molar-refractivity contribution in [3.8, 4) is 0 Å². The molecule has 0 aromatic carbocycles. The second-order valence-electron chi connectivity index (χ2n) is 3.67. The Kier molecular flexibility index (Phi) is 5.48. The maximum absolute atomic E-state index is 12.0. The van der Waals surface area contributed by atoms with Crippen LogP contribution in [-0.4, -0.2) is 45.5 Å². The molecular formula is C10H17NO3S2. The Morgan fingerprint density at radius 1 is 1.56 bits per heavy atom. The van der Waals surface area contributed by atoms with Crippen LogP contribution in [0.5, 0.6) is 0 Å². The van der Waals surface area contributed by atoms with Gasteiger partial charge in [-0.2, -0.15) is 0 Å². The first kappa shape index (κ1) is 13.7. The van der Waals surface area contributed by atoms with Crippen molar-refractivity contribution in [3.63, 3.8) is 0 Å². The number of amides is 1. The molecule has 1 N–H and O–H groups in total. The first-order valence-corrected chi connectivity index (χ1v) is 7.77. The van der Waals surface area contributed by atoms with Crippen LogP contribution in [0.25, 0.3) is 0 Å². The number of carboxylic acid groups (broad SMARTS) is 1. The average Bonchev–Trinajstić information content (AvgIpc) is 2.73. The number of hydrogen-bond acceptors (Lipinski definition) is 4. The highest BCUT2D eigenvalue weighted by molar-refractivity contribution is 8.77. The van der Waals surface area contributed by atoms with Crippen LogP contribution in [0.15, 0.2) is 0 Å². The number of hydrogen-bond donors (Lipinski definition) is 1. The lowest BCUT2D eigenvalue weighted by molar-refractivity contribution is -0.147. The normalized spacial score (nSPS) is 22.1. The molecule has 1 rings (SSSR count). The van der Waals surface area contributed by atoms with Crippen molar-refractivity contribution in [2.75, 3.05) is 12.3 Å². The molecule has 1 heterocycles. The maximum atomic E-state index is 12.0. The second-order valence-corrected chi connectivity index (χ2v) is 6.67. The third-order valence-corrected chi connectivity index (χ3v) is 5.34. The summed E-state index contributed by atoms with van der Waals surface area (Å²) in [5.41, 5.74) is 0. The summed E-state index contributed by atoms with van der Waals surface area (Å²) >= 11 is 0. The molecule has 1 aliphatic rings. The lowest BCUT2D eigenvalue weighted by Gasteiger charge is -2.24. The lowest BCUT2D eigenvalue weighted by Crippen LogP contribution is -2.43. The predicted octanol–water partition coefficient (Wildman–Crippen LogP) is 1.85. The van der Waals surface area contributed by atoms with Gasteiger partial charge in [0.1, 0.15) is 6.04 Å². The summed E-state index contributed by atoms with van der Waals surface area (Å²) in [5.74, 6) is 0.0204. The number of rotatable bonds is 5. The van der Waals surface area contributed by atoms with E-state index in [1.807, 2.05) is 13.8 Å². The van der Waals surface area contributed by atoms with E-state index in [0.717, 1.165) is 12.2 Å². The molecule has 4 nitrogen and oxygen atoms in total. The van der Waals surface area contributed by atoms with Crippen LogP contribution in [0, 0.1) is 0 Å². The standard InChI is InChI=1S/C10H17NO3S2/c1-3-15-16-7(2)9(12)11-6-4-5-8(11)10(13)14/h7-8H,3-6H2,1-2H3,(H,13,14)/t7?,8-/m0/s1. The summed E-state index contributed by atoms with van der Waals surface area (Å²) < 4.78 is 0. The number of carbonyl (C=O) groups excluding carboxylic acids is 1. The smallest absolute Gasteiger partial charge is 0.326 e. The fourth-order valence-corrected chi connectivity index (χ4v) is 3.56. The highest BCUT2D eigenvalue weighted by Crippen LogP contribution is 2.29. The van der Waals surface area contributed by atoms with Gasteiger partial charge in [0.2, 0.25) is 5.91 Å². The van der Waals surface area contributed by atoms with Gasteiger partial charge in [-0.25, -0.2) is 4.79 Å². The topological polar surface area (TPSA) is 57.6 Å². The summed E-state index contributed by atoms with van der Waals surface area (Å²) in [4.78, 5) is 24.5. The van der Waals surface area contributed by atoms with Gasteiger partial charge in [-0.15, -0.1) is 0 Å². The summed E-state index contributed by atoms with van der Waals surface area (Å²) in [7, 11) is 3.15. The number of carbonyl (C=O) groups is 2. The molecule has 0 radical (unpaired) electrons. The van der Waals surface area contributed by atoms with E-state index in [9.17, 15) is 9.59 Å². The molecule has 1 fully saturated rings. The van der Waals surface area contributed by atoms with E-state index >= 15 is 0 Å². The van der Waals surface area contributed by atoms with E-state index in [4.69, 9.17) is 5.11 Å². The zero-order valence-electron chi connectivity index (χ0n) is 9.51. The molecule has 1 aliphatic heterocycles. The number of likely N-dealkylation sites (tertiary alicyclic amines) is 1. The molecule has 92 valence electrons. The molecule has 0 bridgehead atoms. The van der Waals surface area contributed by atoms with E-state index in [1.165, 1.54) is 15.7 Å². The molecule has 16 heavy (non-hydrogen) atoms. The van der Waals surface area contributed by atoms with Gasteiger partial charge < -0.3 is 10.0 Å². The molecule has 0 aromatic heterocycles. The van der Waals surface area contributed by atoms with Crippen LogP contribution in [-0.2, 0) is 9.59 Å². The van der Waals surface area contributed by atoms with Gasteiger partial charge >= 0.3 is 5.97 Å². The molecule has 0 spiro atoms. The summed E-state index contributed by atoms with van der Waals surface area (Å²) in [6.45, 7) is 4.45. The fourth-order valence-electron chi connectivity index (χ4n) is 1.73. The van der Waals surface area contributed by atoms with Crippen LogP contribution in [0.2, 0.25) is 0 Å². The summed E-state index contributed by atoms with van der Waals surface area (Å²) in [6, 6.07) is -0.609. The highest BCUT2D eigenvalue weighted by Gasteiger charge is 2.35. The quantitative estimate of drug-likeness (QED) is 0.767. The Morgan fingerprint density at radius 3 is 2.81 bits per heavy atom. The Labute approximate surface area is 104 Å². The molecule has 0 aromatic rings. The van der Waals surface area contributed by atoms with Crippen LogP contribution in [0.4, 0.5) is 0 Å². The fraction of sp³-hybridized carbons (Fsp3) is 0.800. The van der Waals surface area contributed by atoms with Gasteiger partial charge in [-0.3, -0.25) is 4.79 Å². The van der Waals surface area contributed by atoms with Crippen LogP contribution in [0.3, 0.4) is 0 Å². The number of nitrogens with zero attached hydrogens (tertiary/aromatic N) is 1. The van der Waals surface area contributed by atoms with Crippen molar-refractivity contribution < 1.29 is 14.7 Å². The molecule has 2 atom stereocenters. The SMILES string of the molecule is CCSSC(C)C(=O)N1CCC[C@H]1C(=O)O. The van der Waals surface area contributed by atoms with Crippen molar-refractivity contribution >= 4 is 33.5 Å². The van der Waals surface area contributed by atoms with Gasteiger partial charge in [0, 0.05) is 12.3 Å². The van der Waals surface area contributed by atoms with Crippen LogP contribution < -0.4 is 0 Å². The minimum Gasteiger partial charge on any atom is -0.480 e. The van der Waals surface area contributed by atoms with Crippen molar-refractivity contribution in [2.45, 2.75) is 38.0 Å². The molecule has 0 aliphatic carbocycles. The van der Waals surface area contributed by atoms with E-state index < -0.39 is 12.0 Å². The van der Waals surface area contributed by atoms with E-state index in [0.29, 0.717) is 13.0 Å². The highest BCUT2D eigenvalue weighted by atomic mass is 33.1. The molecular weight excluding hydrogens is 246 g/mol. The second kappa shape index (κ2) is 6.39. The lowest BCUT2D eigenvalue weighted by atomic mass is 10.2. The minimum absolute atomic E-state index is 0.0455. The third kappa shape index (κ3) is 3.31. The van der Waals surface area contributed by atoms with Crippen molar-refractivity contribution in [1.82, 2.24) is 4.90 Å². The molecule has 1 unspecified atom stereocenters. The zero-order chi connectivity index (χ0) is 12.1. The Bertz CT molecular complexity index is 273. The Hall–Kier alpha value is -0.360. The Balaban J connectivity index is 2.55. The maximum Gasteiger partial charge on any atom is 0.326 e. The van der Waals surface area contributed by atoms with Gasteiger partial charge in [-0.05, 0) is 19.8 Å². The van der Waals surface area contributed by atoms with E-state index in [2.05, 4.69) is 0 Å². The molecule has 0 saturated carbocycles. The van der Waals surface area contributed by atoms with Gasteiger partial charge in [0.25, 0.3) is 0 Å². The molecule has 1 amide bonds. The summed E-state index contributed by atoms with van der Waals surface area (Å²) in [6.07, 6.45) is 1.38. The monoisotopic (exact) mass is 263 g/mol. The van der Waals surface area contributed by atoms with Crippen molar-refractivity contribution in [1.29, 1.82) is 0 Å². The molecule has 6 heteroatoms. The van der Waals surface area contributed by atoms with Crippen molar-refractivity contribution in [3.05, 3.63) is 0 Å². The number of aliphatic carboxylic acids is 1. The van der Waals surface area contributed by atoms with Gasteiger partial charge in [0.15, 0.2) is 0 Å². The zero-order valence-corrected chi connectivity index (χ0v) is 11.1. The summed E-state index contributed by atoms with van der Waals surface area (Å²) in [5, 5.41) is 8.82. The average molecular weight is 263 g/mol. The van der Waals surface area contributed by atoms with Gasteiger partial charge in [0.05, 0.1) is 5.25 Å². The first-order valence-electron chi connectivity index (χ1n) is 5.39. The van der Waals surface area contributed by atoms with Crippen molar-refractivity contribution in [2.24, 2.45) is 0 Å². The van der Waals surface area contributed by atoms with Crippen LogP contribution >= 0.6 is 21.6 Å². The third-order valence-electron chi connectivity index (χ3n) is 2.50. The first-order chi connectivity index (χ1) is 7.57. The van der Waals surface area contributed by atoms with Gasteiger partial charge in [-0.1, -0.05) is 28.5 Å². The number of carboxylic acids is 1. The van der Waals surface area contributed by atoms with Crippen LogP contribution in [0.1, 0.15) is 26.7 Å².